The number of nitrogens with one attached hydrogen (secondary N) is 1. The van der Waals surface area contributed by atoms with Crippen LogP contribution in [0.2, 0.25) is 0 Å². The van der Waals surface area contributed by atoms with Gasteiger partial charge in [-0.05, 0) is 63.9 Å². The van der Waals surface area contributed by atoms with E-state index >= 15 is 0 Å². The number of ether oxygens (including phenoxy) is 2. The monoisotopic (exact) mass is 579 g/mol. The Bertz CT molecular complexity index is 1600. The van der Waals surface area contributed by atoms with E-state index in [4.69, 9.17) is 9.47 Å². The van der Waals surface area contributed by atoms with Gasteiger partial charge in [0, 0.05) is 30.3 Å². The molecule has 12 heteroatoms. The minimum absolute atomic E-state index is 0.102. The van der Waals surface area contributed by atoms with Gasteiger partial charge in [0.2, 0.25) is 11.8 Å². The number of aromatic nitrogens is 2. The number of rotatable bonds is 1. The van der Waals surface area contributed by atoms with Gasteiger partial charge in [-0.25, -0.2) is 22.9 Å². The summed E-state index contributed by atoms with van der Waals surface area (Å²) in [4.78, 5) is 38.5. The van der Waals surface area contributed by atoms with Crippen LogP contribution in [-0.2, 0) is 14.8 Å². The molecule has 0 radical (unpaired) electrons. The zero-order chi connectivity index (χ0) is 29.5. The minimum atomic E-state index is -4.14. The lowest BCUT2D eigenvalue weighted by Gasteiger charge is -2.28. The van der Waals surface area contributed by atoms with Crippen LogP contribution in [0.1, 0.15) is 42.3 Å². The predicted molar refractivity (Wildman–Crippen MR) is 152 cm³/mol. The van der Waals surface area contributed by atoms with Gasteiger partial charge in [0.15, 0.2) is 0 Å². The van der Waals surface area contributed by atoms with Gasteiger partial charge < -0.3 is 19.3 Å². The molecule has 1 saturated heterocycles. The van der Waals surface area contributed by atoms with Gasteiger partial charge in [0.25, 0.3) is 15.9 Å². The first-order chi connectivity index (χ1) is 19.3. The molecule has 6 bridgehead atoms. The molecule has 3 heterocycles. The highest BCUT2D eigenvalue weighted by atomic mass is 32.2. The smallest absolute Gasteiger partial charge is 0.410 e. The first kappa shape index (κ1) is 28.3. The molecule has 5 rings (SSSR count). The van der Waals surface area contributed by atoms with E-state index in [0.717, 1.165) is 16.7 Å². The van der Waals surface area contributed by atoms with E-state index < -0.39 is 27.8 Å². The summed E-state index contributed by atoms with van der Waals surface area (Å²) in [5.41, 5.74) is 2.66. The van der Waals surface area contributed by atoms with Gasteiger partial charge in [-0.3, -0.25) is 4.79 Å². The minimum Gasteiger partial charge on any atom is -0.470 e. The number of sulfonamides is 1. The average Bonchev–Trinajstić information content (AvgIpc) is 3.09. The van der Waals surface area contributed by atoms with Crippen LogP contribution in [-0.4, -0.2) is 78.1 Å². The third-order valence-corrected chi connectivity index (χ3v) is 8.10. The van der Waals surface area contributed by atoms with Gasteiger partial charge in [-0.1, -0.05) is 24.3 Å². The molecule has 216 valence electrons. The van der Waals surface area contributed by atoms with Crippen molar-refractivity contribution in [2.75, 3.05) is 30.9 Å². The number of fused-ring (bicyclic) bond motifs is 6. The highest BCUT2D eigenvalue weighted by molar-refractivity contribution is 7.92. The summed E-state index contributed by atoms with van der Waals surface area (Å²) >= 11 is 0. The maximum Gasteiger partial charge on any atom is 0.410 e. The van der Waals surface area contributed by atoms with Crippen LogP contribution >= 0.6 is 0 Å². The van der Waals surface area contributed by atoms with E-state index in [1.807, 2.05) is 32.0 Å². The first-order valence-electron chi connectivity index (χ1n) is 13.3. The number of aryl methyl sites for hydroxylation is 2. The van der Waals surface area contributed by atoms with Gasteiger partial charge in [-0.15, -0.1) is 0 Å². The molecule has 2 amide bonds. The number of hydrogen-bond donors (Lipinski definition) is 1. The molecule has 3 aromatic rings. The van der Waals surface area contributed by atoms with E-state index in [2.05, 4.69) is 14.7 Å². The molecular weight excluding hydrogens is 546 g/mol. The largest absolute Gasteiger partial charge is 0.470 e. The molecule has 2 aromatic carbocycles. The summed E-state index contributed by atoms with van der Waals surface area (Å²) in [5, 5.41) is 0. The van der Waals surface area contributed by atoms with Crippen LogP contribution in [0.3, 0.4) is 0 Å². The normalized spacial score (nSPS) is 18.6. The molecule has 0 aliphatic carbocycles. The second kappa shape index (κ2) is 10.7. The maximum atomic E-state index is 13.6. The number of carbonyl (C=O) groups is 2. The number of carbonyl (C=O) groups excluding carboxylic acids is 2. The van der Waals surface area contributed by atoms with Crippen LogP contribution in [0.15, 0.2) is 53.4 Å². The fraction of sp³-hybridized carbons (Fsp3) is 0.379. The zero-order valence-electron chi connectivity index (χ0n) is 23.7. The maximum absolute atomic E-state index is 13.6. The van der Waals surface area contributed by atoms with Crippen LogP contribution < -0.4 is 9.46 Å². The quantitative estimate of drug-likeness (QED) is 0.458. The van der Waals surface area contributed by atoms with Crippen molar-refractivity contribution in [1.29, 1.82) is 0 Å². The second-order valence-corrected chi connectivity index (χ2v) is 12.9. The Morgan fingerprint density at radius 1 is 1.02 bits per heavy atom. The number of amides is 2. The lowest BCUT2D eigenvalue weighted by molar-refractivity contribution is 0.0201. The Morgan fingerprint density at radius 3 is 2.44 bits per heavy atom. The van der Waals surface area contributed by atoms with E-state index in [9.17, 15) is 18.0 Å². The van der Waals surface area contributed by atoms with Crippen molar-refractivity contribution in [3.63, 3.8) is 0 Å². The summed E-state index contributed by atoms with van der Waals surface area (Å²) in [6.45, 7) is 9.93. The van der Waals surface area contributed by atoms with Crippen molar-refractivity contribution in [3.05, 3.63) is 65.2 Å². The summed E-state index contributed by atoms with van der Waals surface area (Å²) < 4.78 is 41.1. The lowest BCUT2D eigenvalue weighted by Crippen LogP contribution is -2.43. The van der Waals surface area contributed by atoms with Crippen molar-refractivity contribution in [2.24, 2.45) is 0 Å². The van der Waals surface area contributed by atoms with Crippen molar-refractivity contribution in [3.8, 4) is 17.1 Å². The Labute approximate surface area is 239 Å². The number of nitrogens with zero attached hydrogens (tertiary/aromatic N) is 4. The van der Waals surface area contributed by atoms with Crippen LogP contribution in [0.5, 0.6) is 5.88 Å². The van der Waals surface area contributed by atoms with E-state index in [1.165, 1.54) is 23.1 Å². The number of anilines is 1. The van der Waals surface area contributed by atoms with E-state index in [-0.39, 0.29) is 54.4 Å². The standard InChI is InChI=1S/C29H33N5O6S/c1-18-8-6-9-19(2)25(18)23-15-24-31-27(30-23)32-41(37,38)22-11-7-10-20(14-22)26(35)33-12-13-34(17-21(16-33)39-24)28(36)40-29(3,4)5/h6-11,14-15,21H,12-13,16-17H2,1-5H3,(H,30,31,32). The molecule has 0 spiro atoms. The first-order valence-corrected chi connectivity index (χ1v) is 14.8. The van der Waals surface area contributed by atoms with Crippen molar-refractivity contribution >= 4 is 28.0 Å². The van der Waals surface area contributed by atoms with Crippen molar-refractivity contribution < 1.29 is 27.5 Å². The fourth-order valence-corrected chi connectivity index (χ4v) is 5.92. The number of hydrogen-bond acceptors (Lipinski definition) is 8. The molecule has 2 aliphatic rings. The van der Waals surface area contributed by atoms with Crippen LogP contribution in [0.4, 0.5) is 10.7 Å². The second-order valence-electron chi connectivity index (χ2n) is 11.2. The zero-order valence-corrected chi connectivity index (χ0v) is 24.5. The fourth-order valence-electron chi connectivity index (χ4n) is 4.93. The summed E-state index contributed by atoms with van der Waals surface area (Å²) in [6.07, 6.45) is -1.21. The van der Waals surface area contributed by atoms with Gasteiger partial charge in [0.1, 0.15) is 11.7 Å². The Morgan fingerprint density at radius 2 is 1.73 bits per heavy atom. The topological polar surface area (TPSA) is 131 Å². The average molecular weight is 580 g/mol. The summed E-state index contributed by atoms with van der Waals surface area (Å²) in [7, 11) is -4.14. The summed E-state index contributed by atoms with van der Waals surface area (Å²) in [5.74, 6) is -0.453. The lowest BCUT2D eigenvalue weighted by atomic mass is 10.00. The molecule has 1 atom stereocenters. The third kappa shape index (κ3) is 6.27. The highest BCUT2D eigenvalue weighted by Crippen LogP contribution is 2.30. The molecule has 2 aliphatic heterocycles. The molecule has 1 N–H and O–H groups in total. The Kier molecular flexibility index (Phi) is 7.37. The third-order valence-electron chi connectivity index (χ3n) is 6.77. The van der Waals surface area contributed by atoms with Crippen LogP contribution in [0.25, 0.3) is 11.3 Å². The van der Waals surface area contributed by atoms with Gasteiger partial charge in [0.05, 0.1) is 23.7 Å². The molecule has 0 saturated carbocycles. The molecular formula is C29H33N5O6S. The van der Waals surface area contributed by atoms with Gasteiger partial charge >= 0.3 is 6.09 Å². The predicted octanol–water partition coefficient (Wildman–Crippen LogP) is 4.02. The van der Waals surface area contributed by atoms with E-state index in [0.29, 0.717) is 5.69 Å². The summed E-state index contributed by atoms with van der Waals surface area (Å²) in [6, 6.07) is 13.3. The highest BCUT2D eigenvalue weighted by Gasteiger charge is 2.33. The number of benzene rings is 2. The van der Waals surface area contributed by atoms with Crippen molar-refractivity contribution in [1.82, 2.24) is 19.8 Å². The SMILES string of the molecule is Cc1cccc(C)c1-c1cc2nc(n1)NS(=O)(=O)c1cccc(c1)C(=O)N1CCN(C(=O)OC(C)(C)C)CC(C1)O2. The molecule has 1 fully saturated rings. The van der Waals surface area contributed by atoms with Crippen molar-refractivity contribution in [2.45, 2.75) is 51.2 Å². The molecule has 11 nitrogen and oxygen atoms in total. The van der Waals surface area contributed by atoms with Crippen LogP contribution in [0, 0.1) is 13.8 Å². The molecule has 1 aromatic heterocycles. The van der Waals surface area contributed by atoms with E-state index in [1.54, 1.807) is 37.8 Å². The Balaban J connectivity index is 1.64. The Hall–Kier alpha value is -4.19. The van der Waals surface area contributed by atoms with Gasteiger partial charge in [-0.2, -0.15) is 4.98 Å². The molecule has 41 heavy (non-hydrogen) atoms. The molecule has 1 unspecified atom stereocenters.